The summed E-state index contributed by atoms with van der Waals surface area (Å²) in [4.78, 5) is 26.9. The number of benzene rings is 2. The van der Waals surface area contributed by atoms with Gasteiger partial charge in [-0.1, -0.05) is 23.7 Å². The van der Waals surface area contributed by atoms with Gasteiger partial charge in [-0.15, -0.1) is 0 Å². The zero-order chi connectivity index (χ0) is 21.8. The van der Waals surface area contributed by atoms with E-state index in [1.807, 2.05) is 13.8 Å². The minimum absolute atomic E-state index is 0.0295. The molecule has 1 saturated heterocycles. The van der Waals surface area contributed by atoms with Gasteiger partial charge in [-0.05, 0) is 77.9 Å². The minimum atomic E-state index is -0.587. The average molecular weight is 510 g/mol. The van der Waals surface area contributed by atoms with Crippen LogP contribution in [0.5, 0.6) is 11.5 Å². The number of amides is 2. The van der Waals surface area contributed by atoms with Crippen LogP contribution in [-0.2, 0) is 9.59 Å². The van der Waals surface area contributed by atoms with Gasteiger partial charge in [0.2, 0.25) is 0 Å². The Morgan fingerprint density at radius 2 is 1.87 bits per heavy atom. The molecule has 2 aromatic rings. The van der Waals surface area contributed by atoms with E-state index in [-0.39, 0.29) is 10.7 Å². The van der Waals surface area contributed by atoms with Crippen LogP contribution in [0.25, 0.3) is 6.08 Å². The molecular formula is C21H18BrClN2O4S. The van der Waals surface area contributed by atoms with E-state index in [1.165, 1.54) is 11.0 Å². The van der Waals surface area contributed by atoms with Crippen molar-refractivity contribution in [2.45, 2.75) is 13.8 Å². The molecule has 0 aliphatic carbocycles. The molecule has 0 saturated carbocycles. The van der Waals surface area contributed by atoms with E-state index in [2.05, 4.69) is 21.2 Å². The Labute approximate surface area is 192 Å². The Balaban J connectivity index is 2.05. The van der Waals surface area contributed by atoms with Crippen LogP contribution in [0.1, 0.15) is 19.4 Å². The first kappa shape index (κ1) is 22.3. The van der Waals surface area contributed by atoms with Gasteiger partial charge in [0.15, 0.2) is 16.6 Å². The van der Waals surface area contributed by atoms with Gasteiger partial charge in [0.1, 0.15) is 5.57 Å². The number of carbonyl (C=O) groups excluding carboxylic acids is 2. The molecule has 1 heterocycles. The number of nitrogens with zero attached hydrogens (tertiary/aromatic N) is 1. The normalized spacial score (nSPS) is 15.4. The van der Waals surface area contributed by atoms with Crippen LogP contribution in [0.15, 0.2) is 46.4 Å². The lowest BCUT2D eigenvalue weighted by molar-refractivity contribution is -0.122. The lowest BCUT2D eigenvalue weighted by Crippen LogP contribution is -2.54. The van der Waals surface area contributed by atoms with Gasteiger partial charge in [-0.2, -0.15) is 0 Å². The van der Waals surface area contributed by atoms with Crippen LogP contribution in [0.2, 0.25) is 5.02 Å². The van der Waals surface area contributed by atoms with Gasteiger partial charge >= 0.3 is 0 Å². The molecule has 1 N–H and O–H groups in total. The highest BCUT2D eigenvalue weighted by molar-refractivity contribution is 9.10. The number of carbonyl (C=O) groups is 2. The van der Waals surface area contributed by atoms with Crippen molar-refractivity contribution < 1.29 is 19.1 Å². The molecule has 1 aliphatic rings. The summed E-state index contributed by atoms with van der Waals surface area (Å²) in [5, 5.41) is 2.85. The highest BCUT2D eigenvalue weighted by Crippen LogP contribution is 2.38. The van der Waals surface area contributed by atoms with Gasteiger partial charge in [0.05, 0.1) is 28.4 Å². The van der Waals surface area contributed by atoms with Crippen molar-refractivity contribution in [2.75, 3.05) is 18.1 Å². The molecule has 0 bridgehead atoms. The van der Waals surface area contributed by atoms with Crippen LogP contribution < -0.4 is 19.7 Å². The van der Waals surface area contributed by atoms with Gasteiger partial charge < -0.3 is 9.47 Å². The van der Waals surface area contributed by atoms with Gasteiger partial charge in [-0.3, -0.25) is 19.8 Å². The fourth-order valence-electron chi connectivity index (χ4n) is 2.89. The SMILES string of the molecule is CCOc1cc(/C=C2\C(=O)NC(=S)N(c3ccccc3Cl)C2=O)cc(Br)c1OCC. The number of hydrogen-bond acceptors (Lipinski definition) is 5. The topological polar surface area (TPSA) is 67.9 Å². The van der Waals surface area contributed by atoms with E-state index in [0.717, 1.165) is 0 Å². The summed E-state index contributed by atoms with van der Waals surface area (Å²) >= 11 is 14.9. The molecule has 0 radical (unpaired) electrons. The number of halogens is 2. The molecule has 2 amide bonds. The van der Waals surface area contributed by atoms with Crippen molar-refractivity contribution in [2.24, 2.45) is 0 Å². The average Bonchev–Trinajstić information content (AvgIpc) is 2.69. The Kier molecular flexibility index (Phi) is 7.12. The molecule has 6 nitrogen and oxygen atoms in total. The maximum Gasteiger partial charge on any atom is 0.270 e. The summed E-state index contributed by atoms with van der Waals surface area (Å²) in [7, 11) is 0. The summed E-state index contributed by atoms with van der Waals surface area (Å²) in [5.41, 5.74) is 0.893. The molecule has 30 heavy (non-hydrogen) atoms. The van der Waals surface area contributed by atoms with E-state index in [4.69, 9.17) is 33.3 Å². The molecule has 9 heteroatoms. The quantitative estimate of drug-likeness (QED) is 0.346. The number of para-hydroxylation sites is 1. The second kappa shape index (κ2) is 9.59. The summed E-state index contributed by atoms with van der Waals surface area (Å²) in [5.74, 6) is -0.0985. The fourth-order valence-corrected chi connectivity index (χ4v) is 3.96. The Morgan fingerprint density at radius 3 is 2.53 bits per heavy atom. The molecular weight excluding hydrogens is 492 g/mol. The first-order valence-electron chi connectivity index (χ1n) is 9.12. The maximum atomic E-state index is 13.2. The molecule has 1 aliphatic heterocycles. The number of rotatable bonds is 6. The minimum Gasteiger partial charge on any atom is -0.490 e. The summed E-state index contributed by atoms with van der Waals surface area (Å²) in [6.45, 7) is 4.62. The molecule has 156 valence electrons. The summed E-state index contributed by atoms with van der Waals surface area (Å²) in [6, 6.07) is 10.2. The molecule has 0 unspecified atom stereocenters. The van der Waals surface area contributed by atoms with Crippen LogP contribution in [0.4, 0.5) is 5.69 Å². The van der Waals surface area contributed by atoms with Gasteiger partial charge in [0.25, 0.3) is 11.8 Å². The predicted octanol–water partition coefficient (Wildman–Crippen LogP) is 4.73. The molecule has 0 aromatic heterocycles. The zero-order valence-electron chi connectivity index (χ0n) is 16.2. The lowest BCUT2D eigenvalue weighted by atomic mass is 10.1. The largest absolute Gasteiger partial charge is 0.490 e. The van der Waals surface area contributed by atoms with Crippen LogP contribution in [0.3, 0.4) is 0 Å². The third kappa shape index (κ3) is 4.50. The third-order valence-corrected chi connectivity index (χ3v) is 5.32. The van der Waals surface area contributed by atoms with E-state index in [0.29, 0.717) is 45.5 Å². The van der Waals surface area contributed by atoms with Crippen molar-refractivity contribution in [1.29, 1.82) is 0 Å². The lowest BCUT2D eigenvalue weighted by Gasteiger charge is -2.29. The third-order valence-electron chi connectivity index (χ3n) is 4.13. The number of ether oxygens (including phenoxy) is 2. The van der Waals surface area contributed by atoms with Crippen LogP contribution in [-0.4, -0.2) is 30.1 Å². The Morgan fingerprint density at radius 1 is 1.17 bits per heavy atom. The van der Waals surface area contributed by atoms with Crippen molar-refractivity contribution in [3.8, 4) is 11.5 Å². The first-order valence-corrected chi connectivity index (χ1v) is 10.7. The Hall–Kier alpha value is -2.42. The van der Waals surface area contributed by atoms with E-state index < -0.39 is 11.8 Å². The number of anilines is 1. The first-order chi connectivity index (χ1) is 14.4. The number of thiocarbonyl (C=S) groups is 1. The molecule has 2 aromatic carbocycles. The maximum absolute atomic E-state index is 13.2. The standard InChI is InChI=1S/C21H18BrClN2O4S/c1-3-28-17-11-12(10-14(22)18(17)29-4-2)9-13-19(26)24-21(30)25(20(13)27)16-8-6-5-7-15(16)23/h5-11H,3-4H2,1-2H3,(H,24,26,30)/b13-9+. The van der Waals surface area contributed by atoms with E-state index in [9.17, 15) is 9.59 Å². The van der Waals surface area contributed by atoms with Crippen molar-refractivity contribution in [1.82, 2.24) is 5.32 Å². The Bertz CT molecular complexity index is 1060. The fraction of sp³-hybridized carbons (Fsp3) is 0.190. The monoisotopic (exact) mass is 508 g/mol. The smallest absolute Gasteiger partial charge is 0.270 e. The molecule has 0 spiro atoms. The second-order valence-corrected chi connectivity index (χ2v) is 7.75. The predicted molar refractivity (Wildman–Crippen MR) is 124 cm³/mol. The number of nitrogens with one attached hydrogen (secondary N) is 1. The molecule has 0 atom stereocenters. The van der Waals surface area contributed by atoms with Crippen molar-refractivity contribution in [3.05, 3.63) is 57.0 Å². The zero-order valence-corrected chi connectivity index (χ0v) is 19.4. The van der Waals surface area contributed by atoms with Gasteiger partial charge in [-0.25, -0.2) is 0 Å². The second-order valence-electron chi connectivity index (χ2n) is 6.11. The van der Waals surface area contributed by atoms with Crippen molar-refractivity contribution in [3.63, 3.8) is 0 Å². The summed E-state index contributed by atoms with van der Waals surface area (Å²) < 4.78 is 11.9. The van der Waals surface area contributed by atoms with Crippen LogP contribution >= 0.6 is 39.7 Å². The molecule has 1 fully saturated rings. The highest BCUT2D eigenvalue weighted by atomic mass is 79.9. The van der Waals surface area contributed by atoms with Crippen molar-refractivity contribution >= 4 is 68.4 Å². The number of hydrogen-bond donors (Lipinski definition) is 1. The van der Waals surface area contributed by atoms with E-state index in [1.54, 1.807) is 36.4 Å². The highest BCUT2D eigenvalue weighted by Gasteiger charge is 2.35. The van der Waals surface area contributed by atoms with Crippen LogP contribution in [0, 0.1) is 0 Å². The molecule has 3 rings (SSSR count). The van der Waals surface area contributed by atoms with Gasteiger partial charge in [0, 0.05) is 0 Å². The summed E-state index contributed by atoms with van der Waals surface area (Å²) in [6.07, 6.45) is 1.48. The van der Waals surface area contributed by atoms with E-state index >= 15 is 0 Å².